The van der Waals surface area contributed by atoms with Gasteiger partial charge >= 0.3 is 0 Å². The van der Waals surface area contributed by atoms with Gasteiger partial charge in [-0.15, -0.1) is 0 Å². The third-order valence-electron chi connectivity index (χ3n) is 2.49. The average Bonchev–Trinajstić information content (AvgIpc) is 2.01. The number of likely N-dealkylation sites (tertiary alicyclic amines) is 1. The summed E-state index contributed by atoms with van der Waals surface area (Å²) in [5.74, 6) is 0.738. The summed E-state index contributed by atoms with van der Waals surface area (Å²) < 4.78 is 22.2. The predicted molar refractivity (Wildman–Crippen MR) is 57.5 cm³/mol. The molecule has 0 spiro atoms. The van der Waals surface area contributed by atoms with Gasteiger partial charge in [-0.1, -0.05) is 0 Å². The highest BCUT2D eigenvalue weighted by Crippen LogP contribution is 2.14. The quantitative estimate of drug-likeness (QED) is 0.765. The van der Waals surface area contributed by atoms with Gasteiger partial charge < -0.3 is 4.90 Å². The zero-order valence-corrected chi connectivity index (χ0v) is 9.60. The monoisotopic (exact) mass is 218 g/mol. The van der Waals surface area contributed by atoms with Crippen molar-refractivity contribution in [3.63, 3.8) is 0 Å². The van der Waals surface area contributed by atoms with Gasteiger partial charge in [-0.3, -0.25) is 5.41 Å². The molecule has 14 heavy (non-hydrogen) atoms. The number of hydrogen-bond acceptors (Lipinski definition) is 3. The molecule has 0 aromatic rings. The zero-order valence-electron chi connectivity index (χ0n) is 8.78. The average molecular weight is 218 g/mol. The third-order valence-corrected chi connectivity index (χ3v) is 3.57. The Bertz CT molecular complexity index is 311. The maximum absolute atomic E-state index is 11.1. The Kier molecular flexibility index (Phi) is 3.53. The lowest BCUT2D eigenvalue weighted by Crippen LogP contribution is -2.44. The highest BCUT2D eigenvalue weighted by molar-refractivity contribution is 7.90. The Morgan fingerprint density at radius 2 is 2.14 bits per heavy atom. The maximum Gasteiger partial charge on any atom is 0.149 e. The molecule has 1 N–H and O–H groups in total. The Morgan fingerprint density at radius 3 is 2.64 bits per heavy atom. The molecule has 0 aromatic heterocycles. The van der Waals surface area contributed by atoms with Crippen LogP contribution in [0.25, 0.3) is 0 Å². The van der Waals surface area contributed by atoms with Crippen LogP contribution in [0.1, 0.15) is 26.2 Å². The van der Waals surface area contributed by atoms with Crippen LogP contribution >= 0.6 is 0 Å². The molecular formula is C9H18N2O2S. The van der Waals surface area contributed by atoms with Gasteiger partial charge in [0.05, 0.1) is 11.6 Å². The number of amidine groups is 1. The van der Waals surface area contributed by atoms with E-state index in [0.29, 0.717) is 5.84 Å². The molecule has 82 valence electrons. The second-order valence-corrected chi connectivity index (χ2v) is 6.22. The van der Waals surface area contributed by atoms with Crippen molar-refractivity contribution >= 4 is 15.7 Å². The molecule has 5 heteroatoms. The van der Waals surface area contributed by atoms with Gasteiger partial charge in [0.15, 0.2) is 0 Å². The van der Waals surface area contributed by atoms with Crippen molar-refractivity contribution in [2.24, 2.45) is 0 Å². The van der Waals surface area contributed by atoms with Gasteiger partial charge in [0.1, 0.15) is 9.84 Å². The molecule has 1 aliphatic heterocycles. The molecule has 1 aliphatic rings. The van der Waals surface area contributed by atoms with Crippen LogP contribution in [-0.4, -0.2) is 43.7 Å². The molecule has 0 saturated carbocycles. The summed E-state index contributed by atoms with van der Waals surface area (Å²) in [6, 6.07) is -0.0576. The normalized spacial score (nSPS) is 21.0. The van der Waals surface area contributed by atoms with E-state index >= 15 is 0 Å². The molecule has 1 heterocycles. The summed E-state index contributed by atoms with van der Waals surface area (Å²) in [5.41, 5.74) is 0. The molecule has 0 radical (unpaired) electrons. The number of rotatable bonds is 3. The van der Waals surface area contributed by atoms with Crippen LogP contribution in [0.4, 0.5) is 0 Å². The molecule has 0 aromatic carbocycles. The summed E-state index contributed by atoms with van der Waals surface area (Å²) >= 11 is 0. The molecule has 1 fully saturated rings. The number of nitrogens with one attached hydrogen (secondary N) is 1. The van der Waals surface area contributed by atoms with E-state index in [9.17, 15) is 8.42 Å². The Hall–Kier alpha value is -0.580. The second kappa shape index (κ2) is 4.29. The summed E-state index contributed by atoms with van der Waals surface area (Å²) in [6.45, 7) is 2.70. The molecule has 0 amide bonds. The molecular weight excluding hydrogens is 200 g/mol. The van der Waals surface area contributed by atoms with Crippen LogP contribution in [0, 0.1) is 5.41 Å². The van der Waals surface area contributed by atoms with Gasteiger partial charge in [0.2, 0.25) is 0 Å². The molecule has 1 saturated heterocycles. The van der Waals surface area contributed by atoms with Crippen molar-refractivity contribution in [1.82, 2.24) is 4.90 Å². The van der Waals surface area contributed by atoms with Crippen molar-refractivity contribution in [2.75, 3.05) is 18.6 Å². The van der Waals surface area contributed by atoms with Gasteiger partial charge in [-0.25, -0.2) is 8.42 Å². The first kappa shape index (κ1) is 11.5. The molecule has 1 atom stereocenters. The maximum atomic E-state index is 11.1. The van der Waals surface area contributed by atoms with Crippen LogP contribution in [0.5, 0.6) is 0 Å². The van der Waals surface area contributed by atoms with Gasteiger partial charge in [0, 0.05) is 25.3 Å². The van der Waals surface area contributed by atoms with Crippen molar-refractivity contribution in [3.05, 3.63) is 0 Å². The van der Waals surface area contributed by atoms with Crippen LogP contribution in [0.2, 0.25) is 0 Å². The largest absolute Gasteiger partial charge is 0.357 e. The fraction of sp³-hybridized carbons (Fsp3) is 0.889. The van der Waals surface area contributed by atoms with E-state index in [4.69, 9.17) is 5.41 Å². The number of sulfone groups is 1. The smallest absolute Gasteiger partial charge is 0.149 e. The minimum atomic E-state index is -2.93. The van der Waals surface area contributed by atoms with E-state index in [1.54, 1.807) is 0 Å². The van der Waals surface area contributed by atoms with Crippen molar-refractivity contribution in [3.8, 4) is 0 Å². The van der Waals surface area contributed by atoms with Gasteiger partial charge in [-0.05, 0) is 19.8 Å². The third kappa shape index (κ3) is 3.29. The summed E-state index contributed by atoms with van der Waals surface area (Å²) in [5, 5.41) is 7.72. The van der Waals surface area contributed by atoms with Crippen LogP contribution in [0.3, 0.4) is 0 Å². The Balaban J connectivity index is 2.59. The van der Waals surface area contributed by atoms with E-state index in [-0.39, 0.29) is 11.8 Å². The summed E-state index contributed by atoms with van der Waals surface area (Å²) in [4.78, 5) is 1.91. The topological polar surface area (TPSA) is 61.2 Å². The Labute approximate surface area is 85.7 Å². The highest BCUT2D eigenvalue weighted by atomic mass is 32.2. The SMILES string of the molecule is CC(CS(C)(=O)=O)N1CCCCC1=N. The van der Waals surface area contributed by atoms with Crippen LogP contribution < -0.4 is 0 Å². The van der Waals surface area contributed by atoms with Crippen molar-refractivity contribution < 1.29 is 8.42 Å². The van der Waals surface area contributed by atoms with Gasteiger partial charge in [-0.2, -0.15) is 0 Å². The minimum absolute atomic E-state index is 0.0576. The van der Waals surface area contributed by atoms with Crippen molar-refractivity contribution in [2.45, 2.75) is 32.2 Å². The van der Waals surface area contributed by atoms with E-state index in [0.717, 1.165) is 25.8 Å². The van der Waals surface area contributed by atoms with Crippen molar-refractivity contribution in [1.29, 1.82) is 5.41 Å². The molecule has 1 rings (SSSR count). The number of nitrogens with zero attached hydrogens (tertiary/aromatic N) is 1. The van der Waals surface area contributed by atoms with E-state index < -0.39 is 9.84 Å². The Morgan fingerprint density at radius 1 is 1.50 bits per heavy atom. The fourth-order valence-electron chi connectivity index (χ4n) is 1.87. The number of piperidine rings is 1. The zero-order chi connectivity index (χ0) is 10.8. The second-order valence-electron chi connectivity index (χ2n) is 4.04. The molecule has 1 unspecified atom stereocenters. The predicted octanol–water partition coefficient (Wildman–Crippen LogP) is 0.883. The lowest BCUT2D eigenvalue weighted by atomic mass is 10.1. The summed E-state index contributed by atoms with van der Waals surface area (Å²) in [6.07, 6.45) is 4.16. The number of hydrogen-bond donors (Lipinski definition) is 1. The molecule has 4 nitrogen and oxygen atoms in total. The fourth-order valence-corrected chi connectivity index (χ4v) is 2.92. The van der Waals surface area contributed by atoms with Gasteiger partial charge in [0.25, 0.3) is 0 Å². The van der Waals surface area contributed by atoms with Crippen LogP contribution in [-0.2, 0) is 9.84 Å². The summed E-state index contributed by atoms with van der Waals surface area (Å²) in [7, 11) is -2.93. The lowest BCUT2D eigenvalue weighted by molar-refractivity contribution is 0.312. The van der Waals surface area contributed by atoms with E-state index in [1.807, 2.05) is 11.8 Å². The first-order valence-electron chi connectivity index (χ1n) is 4.92. The minimum Gasteiger partial charge on any atom is -0.357 e. The lowest BCUT2D eigenvalue weighted by Gasteiger charge is -2.34. The highest BCUT2D eigenvalue weighted by Gasteiger charge is 2.22. The van der Waals surface area contributed by atoms with Crippen LogP contribution in [0.15, 0.2) is 0 Å². The first-order valence-corrected chi connectivity index (χ1v) is 6.98. The first-order chi connectivity index (χ1) is 6.40. The molecule has 0 bridgehead atoms. The van der Waals surface area contributed by atoms with E-state index in [2.05, 4.69) is 0 Å². The standard InChI is InChI=1S/C9H18N2O2S/c1-8(7-14(2,12)13)11-6-4-3-5-9(11)10/h8,10H,3-7H2,1-2H3. The molecule has 0 aliphatic carbocycles. The van der Waals surface area contributed by atoms with E-state index in [1.165, 1.54) is 6.26 Å².